The molecule has 2 amide bonds. The van der Waals surface area contributed by atoms with Crippen molar-refractivity contribution in [2.45, 2.75) is 18.3 Å². The van der Waals surface area contributed by atoms with Gasteiger partial charge in [0.25, 0.3) is 5.91 Å². The first-order valence-electron chi connectivity index (χ1n) is 9.88. The molecule has 0 spiro atoms. The van der Waals surface area contributed by atoms with Gasteiger partial charge in [-0.3, -0.25) is 9.59 Å². The summed E-state index contributed by atoms with van der Waals surface area (Å²) in [6, 6.07) is 4.92. The zero-order valence-electron chi connectivity index (χ0n) is 18.4. The molecule has 0 aliphatic carbocycles. The summed E-state index contributed by atoms with van der Waals surface area (Å²) in [5, 5.41) is 1.45. The summed E-state index contributed by atoms with van der Waals surface area (Å²) in [6.07, 6.45) is -9.25. The van der Waals surface area contributed by atoms with Crippen molar-refractivity contribution < 1.29 is 40.3 Å². The Hall–Kier alpha value is -2.02. The van der Waals surface area contributed by atoms with Gasteiger partial charge in [0.1, 0.15) is 18.3 Å². The van der Waals surface area contributed by atoms with Crippen molar-refractivity contribution in [3.05, 3.63) is 72.6 Å². The van der Waals surface area contributed by atoms with E-state index in [1.807, 2.05) is 0 Å². The Balaban J connectivity index is 2.24. The number of rotatable bonds is 7. The van der Waals surface area contributed by atoms with Gasteiger partial charge in [-0.2, -0.15) is 26.3 Å². The number of nitrogens with zero attached hydrogens (tertiary/aromatic N) is 1. The van der Waals surface area contributed by atoms with Gasteiger partial charge in [-0.25, -0.2) is 4.39 Å². The van der Waals surface area contributed by atoms with Gasteiger partial charge < -0.3 is 10.2 Å². The number of alkyl halides is 6. The van der Waals surface area contributed by atoms with E-state index < -0.39 is 54.6 Å². The van der Waals surface area contributed by atoms with E-state index in [1.54, 1.807) is 0 Å². The summed E-state index contributed by atoms with van der Waals surface area (Å²) in [5.74, 6) is -5.65. The third kappa shape index (κ3) is 8.76. The van der Waals surface area contributed by atoms with E-state index in [0.29, 0.717) is 11.0 Å². The van der Waals surface area contributed by atoms with Crippen molar-refractivity contribution in [1.29, 1.82) is 0 Å². The molecule has 4 nitrogen and oxygen atoms in total. The van der Waals surface area contributed by atoms with Crippen molar-refractivity contribution in [3.63, 3.8) is 0 Å². The molecule has 0 heterocycles. The Morgan fingerprint density at radius 1 is 1.05 bits per heavy atom. The molecule has 2 rings (SSSR count). The highest BCUT2D eigenvalue weighted by molar-refractivity contribution is 9.10. The summed E-state index contributed by atoms with van der Waals surface area (Å²) in [7, 11) is 0.905. The average Bonchev–Trinajstić information content (AvgIpc) is 2.76. The molecule has 0 aliphatic rings. The summed E-state index contributed by atoms with van der Waals surface area (Å²) in [6.45, 7) is -2.27. The number of allylic oxidation sites excluding steroid dienone is 1. The second kappa shape index (κ2) is 12.2. The normalized spacial score (nSPS) is 13.4. The molecule has 1 N–H and O–H groups in total. The number of carbonyl (C=O) groups excluding carboxylic acids is 2. The first kappa shape index (κ1) is 31.2. The number of hydrogen-bond acceptors (Lipinski definition) is 2. The van der Waals surface area contributed by atoms with Gasteiger partial charge in [0.05, 0.1) is 27.2 Å². The quantitative estimate of drug-likeness (QED) is 0.244. The fraction of sp³-hybridized carbons (Fsp3) is 0.273. The van der Waals surface area contributed by atoms with Crippen LogP contribution in [0.5, 0.6) is 0 Å². The van der Waals surface area contributed by atoms with E-state index in [2.05, 4.69) is 21.2 Å². The van der Waals surface area contributed by atoms with Crippen molar-refractivity contribution in [2.75, 3.05) is 20.1 Å². The highest BCUT2D eigenvalue weighted by Crippen LogP contribution is 2.42. The Kier molecular flexibility index (Phi) is 10.3. The SMILES string of the molecule is CN(CC(F)(F)F)C(=O)CNC(=O)c1ccc(C(F)=CC(c2cc(Cl)c(Cl)c(Cl)c2)C(F)(F)F)cc1Br. The number of likely N-dealkylation sites (N-methyl/N-ethyl adjacent to an activating group) is 1. The minimum Gasteiger partial charge on any atom is -0.343 e. The van der Waals surface area contributed by atoms with E-state index in [-0.39, 0.29) is 30.7 Å². The van der Waals surface area contributed by atoms with Crippen LogP contribution in [0.4, 0.5) is 30.7 Å². The first-order chi connectivity index (χ1) is 16.9. The van der Waals surface area contributed by atoms with Gasteiger partial charge in [-0.15, -0.1) is 0 Å². The largest absolute Gasteiger partial charge is 0.406 e. The Morgan fingerprint density at radius 3 is 2.11 bits per heavy atom. The second-order valence-electron chi connectivity index (χ2n) is 7.57. The molecular weight excluding hydrogens is 644 g/mol. The number of nitrogens with one attached hydrogen (secondary N) is 1. The van der Waals surface area contributed by atoms with Crippen LogP contribution in [0, 0.1) is 0 Å². The van der Waals surface area contributed by atoms with Crippen molar-refractivity contribution in [1.82, 2.24) is 10.2 Å². The van der Waals surface area contributed by atoms with Gasteiger partial charge in [0, 0.05) is 17.1 Å². The molecule has 0 bridgehead atoms. The Morgan fingerprint density at radius 2 is 1.62 bits per heavy atom. The van der Waals surface area contributed by atoms with Crippen LogP contribution in [0.25, 0.3) is 5.83 Å². The van der Waals surface area contributed by atoms with Crippen LogP contribution >= 0.6 is 50.7 Å². The van der Waals surface area contributed by atoms with E-state index >= 15 is 0 Å². The van der Waals surface area contributed by atoms with E-state index in [9.17, 15) is 40.3 Å². The maximum atomic E-state index is 14.9. The second-order valence-corrected chi connectivity index (χ2v) is 9.62. The maximum absolute atomic E-state index is 14.9. The Labute approximate surface area is 229 Å². The van der Waals surface area contributed by atoms with Crippen LogP contribution in [0.15, 0.2) is 40.9 Å². The number of benzene rings is 2. The van der Waals surface area contributed by atoms with Crippen LogP contribution in [0.1, 0.15) is 27.4 Å². The summed E-state index contributed by atoms with van der Waals surface area (Å²) in [5.41, 5.74) is -0.937. The third-order valence-electron chi connectivity index (χ3n) is 4.76. The number of carbonyl (C=O) groups is 2. The zero-order chi connectivity index (χ0) is 28.3. The summed E-state index contributed by atoms with van der Waals surface area (Å²) >= 11 is 20.4. The summed E-state index contributed by atoms with van der Waals surface area (Å²) < 4.78 is 93.1. The average molecular weight is 659 g/mol. The van der Waals surface area contributed by atoms with Gasteiger partial charge >= 0.3 is 12.4 Å². The molecule has 2 aromatic carbocycles. The van der Waals surface area contributed by atoms with Gasteiger partial charge in [-0.1, -0.05) is 40.9 Å². The smallest absolute Gasteiger partial charge is 0.343 e. The number of amides is 2. The number of halogens is 11. The van der Waals surface area contributed by atoms with Crippen molar-refractivity contribution in [3.8, 4) is 0 Å². The van der Waals surface area contributed by atoms with Gasteiger partial charge in [0.15, 0.2) is 0 Å². The fourth-order valence-electron chi connectivity index (χ4n) is 2.97. The predicted molar refractivity (Wildman–Crippen MR) is 130 cm³/mol. The fourth-order valence-corrected chi connectivity index (χ4v) is 4.14. The molecule has 202 valence electrons. The molecule has 37 heavy (non-hydrogen) atoms. The van der Waals surface area contributed by atoms with Crippen LogP contribution < -0.4 is 5.32 Å². The zero-order valence-corrected chi connectivity index (χ0v) is 22.2. The van der Waals surface area contributed by atoms with E-state index in [1.165, 1.54) is 0 Å². The van der Waals surface area contributed by atoms with Crippen molar-refractivity contribution >= 4 is 68.4 Å². The standard InChI is InChI=1S/C22H15BrCl3F7N2O2/c1-35(9-21(28,29)30)18(36)8-34-20(37)12-3-2-10(4-14(12)23)17(27)7-13(22(31,32)33)11-5-15(24)19(26)16(25)6-11/h2-7,13H,8-9H2,1H3,(H,34,37). The molecule has 1 atom stereocenters. The molecule has 0 fully saturated rings. The molecule has 15 heteroatoms. The minimum atomic E-state index is -4.93. The Bertz CT molecular complexity index is 1200. The number of hydrogen-bond donors (Lipinski definition) is 1. The molecular formula is C22H15BrCl3F7N2O2. The minimum absolute atomic E-state index is 0.0525. The lowest BCUT2D eigenvalue weighted by Crippen LogP contribution is -2.42. The molecule has 0 aliphatic heterocycles. The van der Waals surface area contributed by atoms with Crippen LogP contribution in [0.2, 0.25) is 15.1 Å². The molecule has 0 saturated heterocycles. The molecule has 1 unspecified atom stereocenters. The predicted octanol–water partition coefficient (Wildman–Crippen LogP) is 7.82. The van der Waals surface area contributed by atoms with Crippen LogP contribution in [-0.4, -0.2) is 49.2 Å². The lowest BCUT2D eigenvalue weighted by Gasteiger charge is -2.19. The molecule has 0 saturated carbocycles. The van der Waals surface area contributed by atoms with Crippen LogP contribution in [-0.2, 0) is 4.79 Å². The highest BCUT2D eigenvalue weighted by atomic mass is 79.9. The van der Waals surface area contributed by atoms with Crippen LogP contribution in [0.3, 0.4) is 0 Å². The van der Waals surface area contributed by atoms with E-state index in [4.69, 9.17) is 34.8 Å². The molecule has 0 radical (unpaired) electrons. The highest BCUT2D eigenvalue weighted by Gasteiger charge is 2.40. The van der Waals surface area contributed by atoms with Crippen molar-refractivity contribution in [2.24, 2.45) is 0 Å². The molecule has 2 aromatic rings. The van der Waals surface area contributed by atoms with Gasteiger partial charge in [-0.05, 0) is 51.8 Å². The monoisotopic (exact) mass is 656 g/mol. The maximum Gasteiger partial charge on any atom is 0.406 e. The molecule has 0 aromatic heterocycles. The topological polar surface area (TPSA) is 49.4 Å². The van der Waals surface area contributed by atoms with Gasteiger partial charge in [0.2, 0.25) is 5.91 Å². The third-order valence-corrected chi connectivity index (χ3v) is 6.62. The van der Waals surface area contributed by atoms with E-state index in [0.717, 1.165) is 37.4 Å². The first-order valence-corrected chi connectivity index (χ1v) is 11.8. The lowest BCUT2D eigenvalue weighted by molar-refractivity contribution is -0.157. The summed E-state index contributed by atoms with van der Waals surface area (Å²) in [4.78, 5) is 24.5. The lowest BCUT2D eigenvalue weighted by atomic mass is 9.96.